The number of likely N-dealkylation sites (N-methyl/N-ethyl adjacent to an activating group) is 1. The number of nitrogens with one attached hydrogen (secondary N) is 1. The van der Waals surface area contributed by atoms with Crippen LogP contribution in [-0.4, -0.2) is 86.7 Å². The lowest BCUT2D eigenvalue weighted by Gasteiger charge is -2.39. The molecular weight excluding hydrogens is 386 g/mol. The summed E-state index contributed by atoms with van der Waals surface area (Å²) >= 11 is 0. The van der Waals surface area contributed by atoms with Crippen molar-refractivity contribution in [2.24, 2.45) is 11.8 Å². The zero-order chi connectivity index (χ0) is 22.8. The third kappa shape index (κ3) is 6.67. The molecule has 8 nitrogen and oxygen atoms in total. The van der Waals surface area contributed by atoms with Gasteiger partial charge >= 0.3 is 0 Å². The van der Waals surface area contributed by atoms with Gasteiger partial charge in [0.2, 0.25) is 18.2 Å². The third-order valence-electron chi connectivity index (χ3n) is 6.39. The number of rotatable bonds is 13. The zero-order valence-corrected chi connectivity index (χ0v) is 19.7. The molecule has 4 unspecified atom stereocenters. The SMILES string of the molecule is CCC(C)[C@@H](C(CC(=O)N1CCCC1C(OC)C(C)C)OC)N(C)C(=O)CNC=O. The minimum absolute atomic E-state index is 0.00137. The van der Waals surface area contributed by atoms with Crippen LogP contribution in [0.1, 0.15) is 53.4 Å². The minimum atomic E-state index is -0.432. The van der Waals surface area contributed by atoms with Crippen LogP contribution in [0.25, 0.3) is 0 Å². The van der Waals surface area contributed by atoms with Crippen molar-refractivity contribution in [2.45, 2.75) is 77.7 Å². The number of methoxy groups -OCH3 is 2. The maximum atomic E-state index is 13.3. The fourth-order valence-electron chi connectivity index (χ4n) is 4.61. The molecule has 0 aliphatic carbocycles. The van der Waals surface area contributed by atoms with Crippen molar-refractivity contribution in [2.75, 3.05) is 34.4 Å². The van der Waals surface area contributed by atoms with Gasteiger partial charge in [0.15, 0.2) is 0 Å². The smallest absolute Gasteiger partial charge is 0.242 e. The largest absolute Gasteiger partial charge is 0.379 e. The normalized spacial score (nSPS) is 20.5. The predicted octanol–water partition coefficient (Wildman–Crippen LogP) is 1.67. The first-order chi connectivity index (χ1) is 14.2. The highest BCUT2D eigenvalue weighted by Gasteiger charge is 2.39. The van der Waals surface area contributed by atoms with Crippen LogP contribution in [0.2, 0.25) is 0 Å². The van der Waals surface area contributed by atoms with Gasteiger partial charge in [0, 0.05) is 27.8 Å². The van der Waals surface area contributed by atoms with E-state index >= 15 is 0 Å². The first kappa shape index (κ1) is 26.4. The Morgan fingerprint density at radius 3 is 2.40 bits per heavy atom. The summed E-state index contributed by atoms with van der Waals surface area (Å²) in [5, 5.41) is 2.42. The topological polar surface area (TPSA) is 88.2 Å². The Hall–Kier alpha value is -1.67. The van der Waals surface area contributed by atoms with Crippen LogP contribution in [0.3, 0.4) is 0 Å². The van der Waals surface area contributed by atoms with E-state index in [0.717, 1.165) is 25.8 Å². The van der Waals surface area contributed by atoms with E-state index < -0.39 is 6.10 Å². The quantitative estimate of drug-likeness (QED) is 0.452. The van der Waals surface area contributed by atoms with Crippen LogP contribution < -0.4 is 5.32 Å². The Morgan fingerprint density at radius 2 is 1.90 bits per heavy atom. The molecule has 3 amide bonds. The maximum absolute atomic E-state index is 13.3. The zero-order valence-electron chi connectivity index (χ0n) is 19.7. The van der Waals surface area contributed by atoms with E-state index in [1.807, 2.05) is 4.90 Å². The molecule has 1 fully saturated rings. The highest BCUT2D eigenvalue weighted by molar-refractivity contribution is 5.81. The standard InChI is InChI=1S/C22H41N3O5/c1-8-16(4)21(24(5)20(28)13-23-14-26)18(29-6)12-19(27)25-11-9-10-17(25)22(30-7)15(2)3/h14-18,21-22H,8-13H2,1-7H3,(H,23,26)/t16?,17?,18?,21-,22?/m0/s1. The van der Waals surface area contributed by atoms with E-state index in [1.165, 1.54) is 0 Å². The van der Waals surface area contributed by atoms with E-state index in [4.69, 9.17) is 9.47 Å². The summed E-state index contributed by atoms with van der Waals surface area (Å²) < 4.78 is 11.5. The third-order valence-corrected chi connectivity index (χ3v) is 6.39. The van der Waals surface area contributed by atoms with Gasteiger partial charge in [-0.25, -0.2) is 0 Å². The van der Waals surface area contributed by atoms with Crippen LogP contribution in [0, 0.1) is 11.8 Å². The molecule has 1 aliphatic rings. The van der Waals surface area contributed by atoms with Gasteiger partial charge < -0.3 is 24.6 Å². The van der Waals surface area contributed by atoms with Crippen molar-refractivity contribution in [1.29, 1.82) is 0 Å². The Morgan fingerprint density at radius 1 is 1.23 bits per heavy atom. The predicted molar refractivity (Wildman–Crippen MR) is 116 cm³/mol. The van der Waals surface area contributed by atoms with E-state index in [1.54, 1.807) is 26.2 Å². The van der Waals surface area contributed by atoms with Crippen molar-refractivity contribution in [3.05, 3.63) is 0 Å². The van der Waals surface area contributed by atoms with Crippen LogP contribution in [-0.2, 0) is 23.9 Å². The van der Waals surface area contributed by atoms with Gasteiger partial charge in [-0.2, -0.15) is 0 Å². The number of nitrogens with zero attached hydrogens (tertiary/aromatic N) is 2. The summed E-state index contributed by atoms with van der Waals surface area (Å²) in [4.78, 5) is 39.9. The molecule has 1 saturated heterocycles. The summed E-state index contributed by atoms with van der Waals surface area (Å²) in [5.74, 6) is 0.269. The van der Waals surface area contributed by atoms with Gasteiger partial charge in [0.1, 0.15) is 0 Å². The van der Waals surface area contributed by atoms with E-state index in [-0.39, 0.29) is 48.9 Å². The first-order valence-corrected chi connectivity index (χ1v) is 11.0. The van der Waals surface area contributed by atoms with Crippen molar-refractivity contribution in [3.63, 3.8) is 0 Å². The molecule has 0 aromatic heterocycles. The highest BCUT2D eigenvalue weighted by atomic mass is 16.5. The van der Waals surface area contributed by atoms with Crippen molar-refractivity contribution in [1.82, 2.24) is 15.1 Å². The summed E-state index contributed by atoms with van der Waals surface area (Å²) in [6.07, 6.45) is 3.02. The molecule has 8 heteroatoms. The monoisotopic (exact) mass is 427 g/mol. The van der Waals surface area contributed by atoms with Crippen LogP contribution in [0.4, 0.5) is 0 Å². The average molecular weight is 428 g/mol. The number of amides is 3. The molecule has 0 aromatic carbocycles. The van der Waals surface area contributed by atoms with Gasteiger partial charge in [-0.15, -0.1) is 0 Å². The fraction of sp³-hybridized carbons (Fsp3) is 0.864. The summed E-state index contributed by atoms with van der Waals surface area (Å²) in [7, 11) is 5.00. The molecule has 5 atom stereocenters. The first-order valence-electron chi connectivity index (χ1n) is 11.0. The number of likely N-dealkylation sites (tertiary alicyclic amines) is 1. The number of hydrogen-bond acceptors (Lipinski definition) is 5. The second-order valence-corrected chi connectivity index (χ2v) is 8.60. The van der Waals surface area contributed by atoms with Gasteiger partial charge in [-0.1, -0.05) is 34.1 Å². The molecule has 0 radical (unpaired) electrons. The van der Waals surface area contributed by atoms with Crippen LogP contribution in [0.15, 0.2) is 0 Å². The minimum Gasteiger partial charge on any atom is -0.379 e. The van der Waals surface area contributed by atoms with Gasteiger partial charge in [-0.3, -0.25) is 14.4 Å². The molecule has 1 heterocycles. The molecule has 30 heavy (non-hydrogen) atoms. The van der Waals surface area contributed by atoms with Gasteiger partial charge in [0.25, 0.3) is 0 Å². The Balaban J connectivity index is 2.99. The molecular formula is C22H41N3O5. The lowest BCUT2D eigenvalue weighted by molar-refractivity contribution is -0.144. The molecule has 0 aromatic rings. The van der Waals surface area contributed by atoms with Crippen LogP contribution in [0.5, 0.6) is 0 Å². The highest BCUT2D eigenvalue weighted by Crippen LogP contribution is 2.28. The number of carbonyl (C=O) groups is 3. The van der Waals surface area contributed by atoms with E-state index in [9.17, 15) is 14.4 Å². The fourth-order valence-corrected chi connectivity index (χ4v) is 4.61. The van der Waals surface area contributed by atoms with Crippen molar-refractivity contribution < 1.29 is 23.9 Å². The van der Waals surface area contributed by atoms with E-state index in [0.29, 0.717) is 12.3 Å². The Labute approximate surface area is 181 Å². The molecule has 174 valence electrons. The van der Waals surface area contributed by atoms with Crippen molar-refractivity contribution >= 4 is 18.2 Å². The second-order valence-electron chi connectivity index (χ2n) is 8.60. The lowest BCUT2D eigenvalue weighted by atomic mass is 9.90. The second kappa shape index (κ2) is 12.9. The molecule has 1 N–H and O–H groups in total. The van der Waals surface area contributed by atoms with Crippen LogP contribution >= 0.6 is 0 Å². The van der Waals surface area contributed by atoms with E-state index in [2.05, 4.69) is 33.0 Å². The number of ether oxygens (including phenoxy) is 2. The van der Waals surface area contributed by atoms with Crippen molar-refractivity contribution in [3.8, 4) is 0 Å². The van der Waals surface area contributed by atoms with Gasteiger partial charge in [-0.05, 0) is 24.7 Å². The summed E-state index contributed by atoms with van der Waals surface area (Å²) in [5.41, 5.74) is 0. The van der Waals surface area contributed by atoms with Gasteiger partial charge in [0.05, 0.1) is 37.3 Å². The molecule has 0 saturated carbocycles. The molecule has 1 rings (SSSR count). The Bertz CT molecular complexity index is 557. The molecule has 1 aliphatic heterocycles. The number of hydrogen-bond donors (Lipinski definition) is 1. The Kier molecular flexibility index (Phi) is 11.3. The molecule has 0 bridgehead atoms. The average Bonchev–Trinajstić information content (AvgIpc) is 3.20. The maximum Gasteiger partial charge on any atom is 0.242 e. The molecule has 0 spiro atoms. The summed E-state index contributed by atoms with van der Waals surface area (Å²) in [6.45, 7) is 8.97. The number of carbonyl (C=O) groups excluding carboxylic acids is 3. The lowest BCUT2D eigenvalue weighted by Crippen LogP contribution is -2.53. The summed E-state index contributed by atoms with van der Waals surface area (Å²) in [6, 6.07) is -0.201.